The van der Waals surface area contributed by atoms with Crippen LogP contribution >= 0.6 is 31.9 Å². The Morgan fingerprint density at radius 1 is 1.29 bits per heavy atom. The number of rotatable bonds is 6. The third-order valence-electron chi connectivity index (χ3n) is 2.46. The number of urea groups is 1. The topological polar surface area (TPSA) is 122 Å². The summed E-state index contributed by atoms with van der Waals surface area (Å²) in [7, 11) is 0. The second-order valence-corrected chi connectivity index (χ2v) is 5.89. The standard InChI is InChI=1S/C12H13Br2N3O4/c13-6-1-2-7(14)9(5-6)17-12(21)16-8(11(19)20)3-4-10(15)18/h1-2,5,8H,3-4H2,(H2,15,18)(H,19,20)(H2,16,17,21)/t8-/m1/s1. The molecule has 9 heteroatoms. The average Bonchev–Trinajstić information content (AvgIpc) is 2.38. The summed E-state index contributed by atoms with van der Waals surface area (Å²) in [4.78, 5) is 33.5. The van der Waals surface area contributed by atoms with Crippen LogP contribution in [0.4, 0.5) is 10.5 Å². The molecule has 1 aromatic rings. The molecule has 5 N–H and O–H groups in total. The second-order valence-electron chi connectivity index (χ2n) is 4.12. The molecule has 0 unspecified atom stereocenters. The number of carbonyl (C=O) groups excluding carboxylic acids is 2. The van der Waals surface area contributed by atoms with Crippen LogP contribution in [0.5, 0.6) is 0 Å². The Kier molecular flexibility index (Phi) is 6.63. The molecule has 0 aliphatic carbocycles. The molecule has 0 fully saturated rings. The SMILES string of the molecule is NC(=O)CC[C@@H](NC(=O)Nc1cc(Br)ccc1Br)C(=O)O. The lowest BCUT2D eigenvalue weighted by molar-refractivity contribution is -0.139. The molecule has 114 valence electrons. The number of amides is 3. The smallest absolute Gasteiger partial charge is 0.326 e. The number of anilines is 1. The largest absolute Gasteiger partial charge is 0.480 e. The average molecular weight is 423 g/mol. The van der Waals surface area contributed by atoms with Gasteiger partial charge in [0.25, 0.3) is 0 Å². The molecule has 1 rings (SSSR count). The number of hydrogen-bond acceptors (Lipinski definition) is 3. The number of benzene rings is 1. The van der Waals surface area contributed by atoms with Gasteiger partial charge in [0, 0.05) is 15.4 Å². The number of aliphatic carboxylic acids is 1. The van der Waals surface area contributed by atoms with E-state index in [0.29, 0.717) is 10.2 Å². The molecule has 0 aromatic heterocycles. The summed E-state index contributed by atoms with van der Waals surface area (Å²) in [5, 5.41) is 13.8. The van der Waals surface area contributed by atoms with Gasteiger partial charge < -0.3 is 21.5 Å². The van der Waals surface area contributed by atoms with Gasteiger partial charge >= 0.3 is 12.0 Å². The van der Waals surface area contributed by atoms with Gasteiger partial charge in [-0.25, -0.2) is 9.59 Å². The highest BCUT2D eigenvalue weighted by atomic mass is 79.9. The number of halogens is 2. The van der Waals surface area contributed by atoms with Gasteiger partial charge in [0.15, 0.2) is 0 Å². The number of nitrogens with two attached hydrogens (primary N) is 1. The van der Waals surface area contributed by atoms with Crippen LogP contribution in [0.3, 0.4) is 0 Å². The highest BCUT2D eigenvalue weighted by Gasteiger charge is 2.20. The number of nitrogens with one attached hydrogen (secondary N) is 2. The molecule has 0 saturated heterocycles. The van der Waals surface area contributed by atoms with Crippen molar-refractivity contribution < 1.29 is 19.5 Å². The Balaban J connectivity index is 2.67. The van der Waals surface area contributed by atoms with Crippen LogP contribution in [0.2, 0.25) is 0 Å². The first-order chi connectivity index (χ1) is 9.79. The van der Waals surface area contributed by atoms with E-state index in [9.17, 15) is 14.4 Å². The second kappa shape index (κ2) is 7.99. The molecular weight excluding hydrogens is 410 g/mol. The van der Waals surface area contributed by atoms with E-state index < -0.39 is 23.9 Å². The van der Waals surface area contributed by atoms with E-state index in [-0.39, 0.29) is 12.8 Å². The molecular formula is C12H13Br2N3O4. The highest BCUT2D eigenvalue weighted by molar-refractivity contribution is 9.11. The summed E-state index contributed by atoms with van der Waals surface area (Å²) >= 11 is 6.53. The lowest BCUT2D eigenvalue weighted by Gasteiger charge is -2.15. The molecule has 0 radical (unpaired) electrons. The van der Waals surface area contributed by atoms with Crippen LogP contribution in [-0.2, 0) is 9.59 Å². The quantitative estimate of drug-likeness (QED) is 0.560. The van der Waals surface area contributed by atoms with Crippen molar-refractivity contribution in [2.24, 2.45) is 5.73 Å². The van der Waals surface area contributed by atoms with Gasteiger partial charge in [-0.2, -0.15) is 0 Å². The molecule has 0 spiro atoms. The summed E-state index contributed by atoms with van der Waals surface area (Å²) < 4.78 is 1.40. The van der Waals surface area contributed by atoms with Gasteiger partial charge in [-0.3, -0.25) is 4.79 Å². The minimum Gasteiger partial charge on any atom is -0.480 e. The van der Waals surface area contributed by atoms with Crippen molar-refractivity contribution in [2.45, 2.75) is 18.9 Å². The first-order valence-corrected chi connectivity index (χ1v) is 7.42. The summed E-state index contributed by atoms with van der Waals surface area (Å²) in [6.45, 7) is 0. The summed E-state index contributed by atoms with van der Waals surface area (Å²) in [6, 6.07) is 3.28. The first-order valence-electron chi connectivity index (χ1n) is 5.83. The van der Waals surface area contributed by atoms with Gasteiger partial charge in [0.1, 0.15) is 6.04 Å². The number of primary amides is 1. The van der Waals surface area contributed by atoms with Gasteiger partial charge in [0.05, 0.1) is 5.69 Å². The molecule has 7 nitrogen and oxygen atoms in total. The lowest BCUT2D eigenvalue weighted by atomic mass is 10.1. The zero-order chi connectivity index (χ0) is 16.0. The third-order valence-corrected chi connectivity index (χ3v) is 3.64. The fourth-order valence-corrected chi connectivity index (χ4v) is 2.16. The molecule has 3 amide bonds. The predicted molar refractivity (Wildman–Crippen MR) is 83.8 cm³/mol. The van der Waals surface area contributed by atoms with Crippen molar-refractivity contribution in [1.82, 2.24) is 5.32 Å². The predicted octanol–water partition coefficient (Wildman–Crippen LogP) is 2.05. The van der Waals surface area contributed by atoms with E-state index in [2.05, 4.69) is 42.5 Å². The number of carboxylic acids is 1. The molecule has 0 bridgehead atoms. The monoisotopic (exact) mass is 421 g/mol. The summed E-state index contributed by atoms with van der Waals surface area (Å²) in [5.74, 6) is -1.86. The zero-order valence-corrected chi connectivity index (χ0v) is 13.9. The fraction of sp³-hybridized carbons (Fsp3) is 0.250. The molecule has 1 aromatic carbocycles. The number of hydrogen-bond donors (Lipinski definition) is 4. The van der Waals surface area contributed by atoms with E-state index in [1.807, 2.05) is 0 Å². The van der Waals surface area contributed by atoms with Crippen LogP contribution < -0.4 is 16.4 Å². The lowest BCUT2D eigenvalue weighted by Crippen LogP contribution is -2.43. The maximum absolute atomic E-state index is 11.8. The van der Waals surface area contributed by atoms with E-state index in [0.717, 1.165) is 4.47 Å². The fourth-order valence-electron chi connectivity index (χ4n) is 1.45. The minimum absolute atomic E-state index is 0.0717. The van der Waals surface area contributed by atoms with Crippen molar-refractivity contribution in [2.75, 3.05) is 5.32 Å². The van der Waals surface area contributed by atoms with Crippen LogP contribution in [-0.4, -0.2) is 29.1 Å². The van der Waals surface area contributed by atoms with E-state index in [1.54, 1.807) is 18.2 Å². The van der Waals surface area contributed by atoms with Crippen molar-refractivity contribution in [1.29, 1.82) is 0 Å². The maximum atomic E-state index is 11.8. The Bertz CT molecular complexity index is 565. The Morgan fingerprint density at radius 3 is 2.52 bits per heavy atom. The summed E-state index contributed by atoms with van der Waals surface area (Å²) in [5.41, 5.74) is 5.43. The normalized spacial score (nSPS) is 11.5. The molecule has 0 aliphatic rings. The Morgan fingerprint density at radius 2 is 1.95 bits per heavy atom. The third kappa shape index (κ3) is 6.13. The Hall–Kier alpha value is -1.61. The van der Waals surface area contributed by atoms with Crippen LogP contribution in [0.1, 0.15) is 12.8 Å². The first kappa shape index (κ1) is 17.4. The van der Waals surface area contributed by atoms with Gasteiger partial charge in [-0.05, 0) is 40.5 Å². The minimum atomic E-state index is -1.24. The van der Waals surface area contributed by atoms with Crippen molar-refractivity contribution in [3.63, 3.8) is 0 Å². The van der Waals surface area contributed by atoms with Crippen LogP contribution in [0.15, 0.2) is 27.1 Å². The van der Waals surface area contributed by atoms with Gasteiger partial charge in [-0.1, -0.05) is 15.9 Å². The van der Waals surface area contributed by atoms with Gasteiger partial charge in [-0.15, -0.1) is 0 Å². The molecule has 1 atom stereocenters. The molecule has 21 heavy (non-hydrogen) atoms. The van der Waals surface area contributed by atoms with Crippen LogP contribution in [0, 0.1) is 0 Å². The van der Waals surface area contributed by atoms with Crippen molar-refractivity contribution in [3.05, 3.63) is 27.1 Å². The molecule has 0 saturated carbocycles. The van der Waals surface area contributed by atoms with Crippen LogP contribution in [0.25, 0.3) is 0 Å². The van der Waals surface area contributed by atoms with Crippen molar-refractivity contribution >= 4 is 55.5 Å². The highest BCUT2D eigenvalue weighted by Crippen LogP contribution is 2.26. The summed E-state index contributed by atoms with van der Waals surface area (Å²) in [6.07, 6.45) is -0.199. The van der Waals surface area contributed by atoms with E-state index in [1.165, 1.54) is 0 Å². The number of carboxylic acid groups (broad SMARTS) is 1. The van der Waals surface area contributed by atoms with Crippen molar-refractivity contribution in [3.8, 4) is 0 Å². The van der Waals surface area contributed by atoms with Gasteiger partial charge in [0.2, 0.25) is 5.91 Å². The molecule has 0 aliphatic heterocycles. The molecule has 0 heterocycles. The Labute approximate surface area is 137 Å². The zero-order valence-electron chi connectivity index (χ0n) is 10.7. The van der Waals surface area contributed by atoms with E-state index in [4.69, 9.17) is 10.8 Å². The van der Waals surface area contributed by atoms with E-state index >= 15 is 0 Å². The maximum Gasteiger partial charge on any atom is 0.326 e. The number of carbonyl (C=O) groups is 3.